The Labute approximate surface area is 132 Å². The molecule has 1 aliphatic heterocycles. The van der Waals surface area contributed by atoms with Crippen molar-refractivity contribution in [3.05, 3.63) is 0 Å². The largest absolute Gasteiger partial charge is 0.463 e. The van der Waals surface area contributed by atoms with Crippen LogP contribution >= 0.6 is 0 Å². The highest BCUT2D eigenvalue weighted by Gasteiger charge is 2.51. The summed E-state index contributed by atoms with van der Waals surface area (Å²) in [6, 6.07) is -1.20. The Morgan fingerprint density at radius 1 is 1.04 bits per heavy atom. The van der Waals surface area contributed by atoms with Gasteiger partial charge in [-0.1, -0.05) is 0 Å². The van der Waals surface area contributed by atoms with Crippen molar-refractivity contribution in [1.82, 2.24) is 5.06 Å². The highest BCUT2D eigenvalue weighted by atomic mass is 16.7. The molecule has 0 aromatic rings. The Balaban J connectivity index is 3.09. The van der Waals surface area contributed by atoms with Crippen LogP contribution in [0.3, 0.4) is 0 Å². The molecule has 2 N–H and O–H groups in total. The molecule has 1 saturated heterocycles. The molecule has 0 saturated carbocycles. The Bertz CT molecular complexity index is 453. The van der Waals surface area contributed by atoms with Crippen LogP contribution < -0.4 is 0 Å². The van der Waals surface area contributed by atoms with E-state index in [2.05, 4.69) is 0 Å². The molecule has 1 heterocycles. The summed E-state index contributed by atoms with van der Waals surface area (Å²) >= 11 is 0. The number of hydrogen-bond acceptors (Lipinski definition) is 10. The van der Waals surface area contributed by atoms with E-state index >= 15 is 0 Å². The van der Waals surface area contributed by atoms with Crippen molar-refractivity contribution in [2.24, 2.45) is 0 Å². The van der Waals surface area contributed by atoms with Gasteiger partial charge in [0.05, 0.1) is 0 Å². The second-order valence-electron chi connectivity index (χ2n) is 5.08. The van der Waals surface area contributed by atoms with Crippen molar-refractivity contribution in [1.29, 1.82) is 0 Å². The van der Waals surface area contributed by atoms with Gasteiger partial charge in [-0.3, -0.25) is 14.4 Å². The Morgan fingerprint density at radius 2 is 1.57 bits per heavy atom. The van der Waals surface area contributed by atoms with E-state index in [1.54, 1.807) is 0 Å². The Hall–Kier alpha value is -1.75. The molecule has 0 bridgehead atoms. The summed E-state index contributed by atoms with van der Waals surface area (Å²) < 4.78 is 20.2. The van der Waals surface area contributed by atoms with Crippen molar-refractivity contribution >= 4 is 17.9 Å². The molecule has 0 unspecified atom stereocenters. The number of rotatable bonds is 5. The van der Waals surface area contributed by atoms with Gasteiger partial charge in [-0.15, -0.1) is 0 Å². The van der Waals surface area contributed by atoms with Crippen molar-refractivity contribution in [3.8, 4) is 0 Å². The molecule has 1 fully saturated rings. The number of carbonyl (C=O) groups is 3. The van der Waals surface area contributed by atoms with Crippen molar-refractivity contribution in [2.45, 2.75) is 51.4 Å². The lowest BCUT2D eigenvalue weighted by atomic mass is 9.96. The van der Waals surface area contributed by atoms with Crippen LogP contribution in [0.2, 0.25) is 0 Å². The molecule has 1 aliphatic rings. The van der Waals surface area contributed by atoms with Gasteiger partial charge in [0, 0.05) is 27.8 Å². The minimum atomic E-state index is -1.57. The number of likely N-dealkylation sites (N-methyl/N-ethyl adjacent to an activating group) is 1. The van der Waals surface area contributed by atoms with Crippen LogP contribution in [0.4, 0.5) is 0 Å². The maximum atomic E-state index is 11.3. The molecule has 10 heteroatoms. The van der Waals surface area contributed by atoms with E-state index in [-0.39, 0.29) is 6.61 Å². The summed E-state index contributed by atoms with van der Waals surface area (Å²) in [6.07, 6.45) is -5.05. The van der Waals surface area contributed by atoms with Crippen molar-refractivity contribution in [2.75, 3.05) is 13.7 Å². The number of carbonyl (C=O) groups excluding carboxylic acids is 3. The second kappa shape index (κ2) is 8.20. The normalized spacial score (nSPS) is 30.7. The summed E-state index contributed by atoms with van der Waals surface area (Å²) in [5.74, 6) is -2.01. The summed E-state index contributed by atoms with van der Waals surface area (Å²) in [5.41, 5.74) is 0. The van der Waals surface area contributed by atoms with Crippen molar-refractivity contribution in [3.63, 3.8) is 0 Å². The highest BCUT2D eigenvalue weighted by molar-refractivity contribution is 5.67. The van der Waals surface area contributed by atoms with Gasteiger partial charge in [0.15, 0.2) is 18.5 Å². The number of hydrogen-bond donors (Lipinski definition) is 2. The van der Waals surface area contributed by atoms with Gasteiger partial charge in [-0.05, 0) is 0 Å². The minimum Gasteiger partial charge on any atom is -0.463 e. The lowest BCUT2D eigenvalue weighted by Crippen LogP contribution is -2.65. The summed E-state index contributed by atoms with van der Waals surface area (Å²) in [5, 5.41) is 20.3. The maximum absolute atomic E-state index is 11.3. The molecule has 0 amide bonds. The van der Waals surface area contributed by atoms with Gasteiger partial charge in [-0.2, -0.15) is 5.06 Å². The first-order valence-corrected chi connectivity index (χ1v) is 6.86. The van der Waals surface area contributed by atoms with E-state index in [1.165, 1.54) is 14.0 Å². The number of nitrogens with zero attached hydrogens (tertiary/aromatic N) is 1. The quantitative estimate of drug-likeness (QED) is 0.359. The fourth-order valence-corrected chi connectivity index (χ4v) is 2.30. The van der Waals surface area contributed by atoms with Gasteiger partial charge in [0.2, 0.25) is 0 Å². The predicted octanol–water partition coefficient (Wildman–Crippen LogP) is -1.18. The van der Waals surface area contributed by atoms with Crippen LogP contribution in [0.5, 0.6) is 0 Å². The van der Waals surface area contributed by atoms with Gasteiger partial charge in [-0.25, -0.2) is 0 Å². The van der Waals surface area contributed by atoms with E-state index in [1.807, 2.05) is 0 Å². The molecule has 23 heavy (non-hydrogen) atoms. The number of aliphatic hydroxyl groups is 1. The van der Waals surface area contributed by atoms with Crippen LogP contribution in [-0.2, 0) is 33.3 Å². The van der Waals surface area contributed by atoms with Gasteiger partial charge in [0.1, 0.15) is 18.8 Å². The van der Waals surface area contributed by atoms with Crippen LogP contribution in [0, 0.1) is 0 Å². The Kier molecular flexibility index (Phi) is 6.88. The van der Waals surface area contributed by atoms with E-state index < -0.39 is 48.6 Å². The zero-order valence-corrected chi connectivity index (χ0v) is 13.3. The summed E-state index contributed by atoms with van der Waals surface area (Å²) in [4.78, 5) is 33.6. The lowest BCUT2D eigenvalue weighted by molar-refractivity contribution is -0.308. The van der Waals surface area contributed by atoms with Gasteiger partial charge in [0.25, 0.3) is 0 Å². The van der Waals surface area contributed by atoms with Gasteiger partial charge < -0.3 is 29.3 Å². The average Bonchev–Trinajstić information content (AvgIpc) is 2.38. The van der Waals surface area contributed by atoms with Crippen LogP contribution in [0.1, 0.15) is 20.8 Å². The molecular formula is C13H21NO9. The summed E-state index contributed by atoms with van der Waals surface area (Å²) in [7, 11) is 1.21. The lowest BCUT2D eigenvalue weighted by Gasteiger charge is -2.44. The number of ether oxygens (including phenoxy) is 4. The number of aliphatic hydroxyl groups excluding tert-OH is 1. The van der Waals surface area contributed by atoms with Gasteiger partial charge >= 0.3 is 17.9 Å². The average molecular weight is 335 g/mol. The topological polar surface area (TPSA) is 132 Å². The minimum absolute atomic E-state index is 0.329. The first-order valence-electron chi connectivity index (χ1n) is 6.86. The second-order valence-corrected chi connectivity index (χ2v) is 5.08. The first-order chi connectivity index (χ1) is 10.6. The molecule has 0 aliphatic carbocycles. The van der Waals surface area contributed by atoms with E-state index in [4.69, 9.17) is 18.9 Å². The molecule has 0 spiro atoms. The third-order valence-corrected chi connectivity index (χ3v) is 3.12. The molecule has 0 radical (unpaired) electrons. The summed E-state index contributed by atoms with van der Waals surface area (Å²) in [6.45, 7) is 3.11. The van der Waals surface area contributed by atoms with Crippen molar-refractivity contribution < 1.29 is 43.6 Å². The highest BCUT2D eigenvalue weighted by Crippen LogP contribution is 2.28. The molecule has 10 nitrogen and oxygen atoms in total. The fraction of sp³-hybridized carbons (Fsp3) is 0.769. The standard InChI is InChI=1S/C13H21NO9/c1-6(15)20-5-9-11(21-7(2)16)12(22-8(3)17)10(14(4)19)13(18)23-9/h9-13,18-19H,5H2,1-4H3/t9-,10-,11-,12-,13-/m1/s1. The molecule has 1 rings (SSSR count). The zero-order valence-electron chi connectivity index (χ0n) is 13.3. The molecule has 5 atom stereocenters. The van der Waals surface area contributed by atoms with E-state index in [0.717, 1.165) is 13.8 Å². The SMILES string of the molecule is CC(=O)OC[C@H]1O[C@@H](O)[C@H](N(C)O)[C@@H](OC(C)=O)[C@@H]1OC(C)=O. The molecule has 0 aromatic carbocycles. The first kappa shape index (κ1) is 19.3. The number of hydroxylamine groups is 2. The molecule has 132 valence electrons. The molecular weight excluding hydrogens is 314 g/mol. The third-order valence-electron chi connectivity index (χ3n) is 3.12. The van der Waals surface area contributed by atoms with Crippen LogP contribution in [0.15, 0.2) is 0 Å². The van der Waals surface area contributed by atoms with Crippen LogP contribution in [-0.4, -0.2) is 77.6 Å². The monoisotopic (exact) mass is 335 g/mol. The predicted molar refractivity (Wildman–Crippen MR) is 72.0 cm³/mol. The smallest absolute Gasteiger partial charge is 0.303 e. The molecule has 0 aromatic heterocycles. The number of esters is 3. The zero-order chi connectivity index (χ0) is 17.7. The van der Waals surface area contributed by atoms with Crippen LogP contribution in [0.25, 0.3) is 0 Å². The maximum Gasteiger partial charge on any atom is 0.303 e. The van der Waals surface area contributed by atoms with E-state index in [0.29, 0.717) is 5.06 Å². The van der Waals surface area contributed by atoms with E-state index in [9.17, 15) is 24.7 Å². The Morgan fingerprint density at radius 3 is 2.00 bits per heavy atom. The third kappa shape index (κ3) is 5.43. The fourth-order valence-electron chi connectivity index (χ4n) is 2.30.